The molecule has 1 aliphatic carbocycles. The molecule has 0 radical (unpaired) electrons. The quantitative estimate of drug-likeness (QED) is 0.722. The minimum absolute atomic E-state index is 0.352. The summed E-state index contributed by atoms with van der Waals surface area (Å²) in [5.74, 6) is 0.896. The molecule has 2 rings (SSSR count). The summed E-state index contributed by atoms with van der Waals surface area (Å²) in [6.07, 6.45) is 8.31. The molecule has 2 fully saturated rings. The SMILES string of the molecule is COCC1(C2CCC2)CCCCN1. The van der Waals surface area contributed by atoms with Gasteiger partial charge in [0.2, 0.25) is 0 Å². The summed E-state index contributed by atoms with van der Waals surface area (Å²) < 4.78 is 5.38. The third-order valence-corrected chi connectivity index (χ3v) is 3.82. The molecule has 1 unspecified atom stereocenters. The Labute approximate surface area is 81.0 Å². The second kappa shape index (κ2) is 3.97. The average molecular weight is 183 g/mol. The Hall–Kier alpha value is -0.0800. The summed E-state index contributed by atoms with van der Waals surface area (Å²) in [5, 5.41) is 3.71. The van der Waals surface area contributed by atoms with Crippen LogP contribution < -0.4 is 5.32 Å². The van der Waals surface area contributed by atoms with Crippen LogP contribution in [0.25, 0.3) is 0 Å². The van der Waals surface area contributed by atoms with Gasteiger partial charge in [0.25, 0.3) is 0 Å². The van der Waals surface area contributed by atoms with Crippen LogP contribution in [0.5, 0.6) is 0 Å². The number of hydrogen-bond acceptors (Lipinski definition) is 2. The fraction of sp³-hybridized carbons (Fsp3) is 1.00. The van der Waals surface area contributed by atoms with E-state index in [1.165, 1.54) is 45.1 Å². The number of ether oxygens (including phenoxy) is 1. The molecule has 1 atom stereocenters. The zero-order valence-corrected chi connectivity index (χ0v) is 8.64. The van der Waals surface area contributed by atoms with Crippen LogP contribution in [0.1, 0.15) is 38.5 Å². The standard InChI is InChI=1S/C11H21NO/c1-13-9-11(10-5-4-6-10)7-2-3-8-12-11/h10,12H,2-9H2,1H3. The zero-order chi connectivity index (χ0) is 9.15. The Balaban J connectivity index is 1.99. The van der Waals surface area contributed by atoms with Crippen LogP contribution in [0.15, 0.2) is 0 Å². The van der Waals surface area contributed by atoms with Crippen molar-refractivity contribution in [1.82, 2.24) is 5.32 Å². The third kappa shape index (κ3) is 1.75. The fourth-order valence-electron chi connectivity index (χ4n) is 2.80. The summed E-state index contributed by atoms with van der Waals surface area (Å²) in [6.45, 7) is 2.11. The van der Waals surface area contributed by atoms with Gasteiger partial charge in [-0.15, -0.1) is 0 Å². The first kappa shape index (κ1) is 9.47. The van der Waals surface area contributed by atoms with E-state index in [0.717, 1.165) is 12.5 Å². The Kier molecular flexibility index (Phi) is 2.89. The Bertz CT molecular complexity index is 154. The lowest BCUT2D eigenvalue weighted by Crippen LogP contribution is -2.58. The van der Waals surface area contributed by atoms with E-state index in [9.17, 15) is 0 Å². The molecule has 2 nitrogen and oxygen atoms in total. The monoisotopic (exact) mass is 183 g/mol. The summed E-state index contributed by atoms with van der Waals surface area (Å²) in [7, 11) is 1.83. The van der Waals surface area contributed by atoms with E-state index in [4.69, 9.17) is 4.74 Å². The second-order valence-corrected chi connectivity index (χ2v) is 4.60. The molecule has 0 aromatic rings. The van der Waals surface area contributed by atoms with Gasteiger partial charge in [0.15, 0.2) is 0 Å². The molecule has 1 heterocycles. The van der Waals surface area contributed by atoms with Gasteiger partial charge < -0.3 is 10.1 Å². The molecule has 1 saturated carbocycles. The minimum Gasteiger partial charge on any atom is -0.383 e. The Morgan fingerprint density at radius 2 is 2.15 bits per heavy atom. The smallest absolute Gasteiger partial charge is 0.0647 e. The van der Waals surface area contributed by atoms with Crippen molar-refractivity contribution in [1.29, 1.82) is 0 Å². The van der Waals surface area contributed by atoms with Crippen molar-refractivity contribution in [2.75, 3.05) is 20.3 Å². The minimum atomic E-state index is 0.352. The van der Waals surface area contributed by atoms with Gasteiger partial charge in [0, 0.05) is 12.6 Å². The molecule has 0 amide bonds. The van der Waals surface area contributed by atoms with Gasteiger partial charge in [0.1, 0.15) is 0 Å². The van der Waals surface area contributed by atoms with Gasteiger partial charge in [-0.1, -0.05) is 12.8 Å². The molecule has 1 saturated heterocycles. The molecular formula is C11H21NO. The first-order chi connectivity index (χ1) is 6.37. The second-order valence-electron chi connectivity index (χ2n) is 4.60. The molecular weight excluding hydrogens is 162 g/mol. The van der Waals surface area contributed by atoms with Gasteiger partial charge in [0.05, 0.1) is 6.61 Å². The van der Waals surface area contributed by atoms with E-state index in [1.54, 1.807) is 0 Å². The molecule has 0 spiro atoms. The van der Waals surface area contributed by atoms with Crippen molar-refractivity contribution >= 4 is 0 Å². The topological polar surface area (TPSA) is 21.3 Å². The first-order valence-corrected chi connectivity index (χ1v) is 5.61. The van der Waals surface area contributed by atoms with Crippen molar-refractivity contribution in [2.45, 2.75) is 44.1 Å². The number of rotatable bonds is 3. The zero-order valence-electron chi connectivity index (χ0n) is 8.64. The highest BCUT2D eigenvalue weighted by atomic mass is 16.5. The van der Waals surface area contributed by atoms with Crippen LogP contribution in [0, 0.1) is 5.92 Å². The molecule has 2 aliphatic rings. The lowest BCUT2D eigenvalue weighted by Gasteiger charge is -2.48. The number of piperidine rings is 1. The predicted molar refractivity (Wildman–Crippen MR) is 53.8 cm³/mol. The van der Waals surface area contributed by atoms with Crippen LogP contribution in [-0.4, -0.2) is 25.8 Å². The van der Waals surface area contributed by atoms with E-state index in [1.807, 2.05) is 7.11 Å². The first-order valence-electron chi connectivity index (χ1n) is 5.61. The van der Waals surface area contributed by atoms with Crippen molar-refractivity contribution in [2.24, 2.45) is 5.92 Å². The summed E-state index contributed by atoms with van der Waals surface area (Å²) in [4.78, 5) is 0. The maximum absolute atomic E-state index is 5.38. The molecule has 76 valence electrons. The molecule has 0 aromatic heterocycles. The lowest BCUT2D eigenvalue weighted by atomic mass is 9.68. The molecule has 1 aliphatic heterocycles. The maximum atomic E-state index is 5.38. The van der Waals surface area contributed by atoms with Gasteiger partial charge in [-0.3, -0.25) is 0 Å². The number of nitrogens with one attached hydrogen (secondary N) is 1. The van der Waals surface area contributed by atoms with Gasteiger partial charge in [-0.25, -0.2) is 0 Å². The molecule has 0 bridgehead atoms. The van der Waals surface area contributed by atoms with Crippen LogP contribution in [-0.2, 0) is 4.74 Å². The van der Waals surface area contributed by atoms with Gasteiger partial charge in [-0.2, -0.15) is 0 Å². The molecule has 13 heavy (non-hydrogen) atoms. The Morgan fingerprint density at radius 1 is 1.31 bits per heavy atom. The third-order valence-electron chi connectivity index (χ3n) is 3.82. The average Bonchev–Trinajstić information content (AvgIpc) is 2.02. The van der Waals surface area contributed by atoms with Crippen molar-refractivity contribution in [3.05, 3.63) is 0 Å². The summed E-state index contributed by atoms with van der Waals surface area (Å²) >= 11 is 0. The van der Waals surface area contributed by atoms with E-state index in [0.29, 0.717) is 5.54 Å². The molecule has 1 N–H and O–H groups in total. The summed E-state index contributed by atoms with van der Waals surface area (Å²) in [5.41, 5.74) is 0.352. The normalized spacial score (nSPS) is 35.8. The number of hydrogen-bond donors (Lipinski definition) is 1. The van der Waals surface area contributed by atoms with Crippen LogP contribution in [0.4, 0.5) is 0 Å². The van der Waals surface area contributed by atoms with E-state index >= 15 is 0 Å². The van der Waals surface area contributed by atoms with E-state index in [-0.39, 0.29) is 0 Å². The highest BCUT2D eigenvalue weighted by molar-refractivity contribution is 4.99. The molecule has 0 aromatic carbocycles. The Morgan fingerprint density at radius 3 is 2.62 bits per heavy atom. The van der Waals surface area contributed by atoms with Gasteiger partial charge in [-0.05, 0) is 38.1 Å². The highest BCUT2D eigenvalue weighted by Crippen LogP contribution is 2.40. The lowest BCUT2D eigenvalue weighted by molar-refractivity contribution is 0.0178. The van der Waals surface area contributed by atoms with Crippen molar-refractivity contribution in [3.63, 3.8) is 0 Å². The van der Waals surface area contributed by atoms with E-state index in [2.05, 4.69) is 5.32 Å². The largest absolute Gasteiger partial charge is 0.383 e. The summed E-state index contributed by atoms with van der Waals surface area (Å²) in [6, 6.07) is 0. The van der Waals surface area contributed by atoms with Crippen LogP contribution >= 0.6 is 0 Å². The van der Waals surface area contributed by atoms with Crippen LogP contribution in [0.3, 0.4) is 0 Å². The fourth-order valence-corrected chi connectivity index (χ4v) is 2.80. The van der Waals surface area contributed by atoms with E-state index < -0.39 is 0 Å². The molecule has 2 heteroatoms. The van der Waals surface area contributed by atoms with Gasteiger partial charge >= 0.3 is 0 Å². The predicted octanol–water partition coefficient (Wildman–Crippen LogP) is 1.95. The van der Waals surface area contributed by atoms with Crippen molar-refractivity contribution < 1.29 is 4.74 Å². The van der Waals surface area contributed by atoms with Crippen LogP contribution in [0.2, 0.25) is 0 Å². The number of methoxy groups -OCH3 is 1. The maximum Gasteiger partial charge on any atom is 0.0647 e. The van der Waals surface area contributed by atoms with Crippen molar-refractivity contribution in [3.8, 4) is 0 Å². The highest BCUT2D eigenvalue weighted by Gasteiger charge is 2.42.